The first kappa shape index (κ1) is 14.8. The molecule has 0 spiro atoms. The van der Waals surface area contributed by atoms with Crippen molar-refractivity contribution >= 4 is 5.91 Å². The van der Waals surface area contributed by atoms with E-state index < -0.39 is 0 Å². The number of carbonyl (C=O) groups excluding carboxylic acids is 1. The Morgan fingerprint density at radius 3 is 2.53 bits per heavy atom. The van der Waals surface area contributed by atoms with Crippen molar-refractivity contribution in [3.63, 3.8) is 0 Å². The molecule has 0 aromatic heterocycles. The van der Waals surface area contributed by atoms with Gasteiger partial charge in [0.2, 0.25) is 5.91 Å². The number of piperazine rings is 1. The molecule has 0 radical (unpaired) electrons. The number of rotatable bonds is 4. The molecule has 5 heteroatoms. The van der Waals surface area contributed by atoms with Crippen LogP contribution in [0.1, 0.15) is 20.3 Å². The molecule has 2 heterocycles. The van der Waals surface area contributed by atoms with Crippen molar-refractivity contribution < 1.29 is 9.53 Å². The summed E-state index contributed by atoms with van der Waals surface area (Å²) in [7, 11) is 2.17. The topological polar surface area (TPSA) is 36.0 Å². The second-order valence-corrected chi connectivity index (χ2v) is 5.98. The maximum atomic E-state index is 12.0. The number of likely N-dealkylation sites (tertiary alicyclic amines) is 1. The minimum atomic E-state index is 0.125. The third kappa shape index (κ3) is 4.16. The summed E-state index contributed by atoms with van der Waals surface area (Å²) >= 11 is 0. The van der Waals surface area contributed by atoms with E-state index in [2.05, 4.69) is 16.8 Å². The lowest BCUT2D eigenvalue weighted by atomic mass is 10.2. The Morgan fingerprint density at radius 2 is 1.89 bits per heavy atom. The molecule has 2 saturated heterocycles. The first-order valence-electron chi connectivity index (χ1n) is 7.38. The summed E-state index contributed by atoms with van der Waals surface area (Å²) in [5.74, 6) is 0.144. The summed E-state index contributed by atoms with van der Waals surface area (Å²) < 4.78 is 5.40. The van der Waals surface area contributed by atoms with Crippen LogP contribution in [0.4, 0.5) is 0 Å². The molecule has 0 bridgehead atoms. The average Bonchev–Trinajstić information content (AvgIpc) is 2.86. The van der Waals surface area contributed by atoms with Gasteiger partial charge in [0.15, 0.2) is 0 Å². The summed E-state index contributed by atoms with van der Waals surface area (Å²) in [6, 6.07) is 0.552. The highest BCUT2D eigenvalue weighted by Crippen LogP contribution is 2.17. The summed E-state index contributed by atoms with van der Waals surface area (Å²) in [5.41, 5.74) is 0. The van der Waals surface area contributed by atoms with Gasteiger partial charge in [-0.05, 0) is 27.3 Å². The van der Waals surface area contributed by atoms with Gasteiger partial charge in [-0.2, -0.15) is 0 Å². The smallest absolute Gasteiger partial charge is 0.248 e. The zero-order valence-corrected chi connectivity index (χ0v) is 12.5. The van der Waals surface area contributed by atoms with E-state index in [-0.39, 0.29) is 18.6 Å². The largest absolute Gasteiger partial charge is 0.369 e. The van der Waals surface area contributed by atoms with E-state index in [0.29, 0.717) is 6.04 Å². The summed E-state index contributed by atoms with van der Waals surface area (Å²) in [6.45, 7) is 10.5. The Kier molecular flexibility index (Phi) is 5.19. The van der Waals surface area contributed by atoms with Crippen LogP contribution < -0.4 is 0 Å². The molecule has 0 N–H and O–H groups in total. The van der Waals surface area contributed by atoms with Gasteiger partial charge in [0, 0.05) is 45.3 Å². The van der Waals surface area contributed by atoms with Crippen LogP contribution in [0.15, 0.2) is 0 Å². The first-order chi connectivity index (χ1) is 9.06. The van der Waals surface area contributed by atoms with Gasteiger partial charge >= 0.3 is 0 Å². The van der Waals surface area contributed by atoms with Gasteiger partial charge in [-0.25, -0.2) is 0 Å². The summed E-state index contributed by atoms with van der Waals surface area (Å²) in [5, 5.41) is 0. The number of hydrogen-bond acceptors (Lipinski definition) is 4. The molecule has 2 fully saturated rings. The van der Waals surface area contributed by atoms with Crippen molar-refractivity contribution in [3.05, 3.63) is 0 Å². The second-order valence-electron chi connectivity index (χ2n) is 5.98. The van der Waals surface area contributed by atoms with Gasteiger partial charge in [0.05, 0.1) is 6.10 Å². The van der Waals surface area contributed by atoms with Gasteiger partial charge in [-0.15, -0.1) is 0 Å². The average molecular weight is 269 g/mol. The van der Waals surface area contributed by atoms with E-state index in [1.807, 2.05) is 18.7 Å². The molecule has 2 rings (SSSR count). The second kappa shape index (κ2) is 6.68. The lowest BCUT2D eigenvalue weighted by Gasteiger charge is -2.36. The molecule has 1 atom stereocenters. The molecular formula is C14H27N3O2. The number of amides is 1. The molecule has 0 unspecified atom stereocenters. The van der Waals surface area contributed by atoms with Crippen LogP contribution in [-0.2, 0) is 9.53 Å². The van der Waals surface area contributed by atoms with E-state index in [1.165, 1.54) is 0 Å². The molecule has 110 valence electrons. The standard InChI is InChI=1S/C14H27N3O2/c1-12(2)19-11-14(18)17-5-4-13(10-17)16-8-6-15(3)7-9-16/h12-13H,4-11H2,1-3H3/t13-/m0/s1. The van der Waals surface area contributed by atoms with Crippen molar-refractivity contribution in [1.29, 1.82) is 0 Å². The van der Waals surface area contributed by atoms with Crippen LogP contribution in [0.3, 0.4) is 0 Å². The molecule has 0 aromatic carbocycles. The predicted molar refractivity (Wildman–Crippen MR) is 75.1 cm³/mol. The Hall–Kier alpha value is -0.650. The van der Waals surface area contributed by atoms with E-state index in [4.69, 9.17) is 4.74 Å². The Morgan fingerprint density at radius 1 is 1.21 bits per heavy atom. The van der Waals surface area contributed by atoms with Gasteiger partial charge in [-0.1, -0.05) is 0 Å². The first-order valence-corrected chi connectivity index (χ1v) is 7.38. The third-order valence-corrected chi connectivity index (χ3v) is 4.11. The van der Waals surface area contributed by atoms with E-state index in [9.17, 15) is 4.79 Å². The van der Waals surface area contributed by atoms with Gasteiger partial charge < -0.3 is 14.5 Å². The highest BCUT2D eigenvalue weighted by atomic mass is 16.5. The van der Waals surface area contributed by atoms with Crippen molar-refractivity contribution in [3.8, 4) is 0 Å². The lowest BCUT2D eigenvalue weighted by molar-refractivity contribution is -0.136. The van der Waals surface area contributed by atoms with Crippen molar-refractivity contribution in [2.75, 3.05) is 52.9 Å². The molecular weight excluding hydrogens is 242 g/mol. The maximum absolute atomic E-state index is 12.0. The summed E-state index contributed by atoms with van der Waals surface area (Å²) in [6.07, 6.45) is 1.23. The van der Waals surface area contributed by atoms with Crippen LogP contribution in [0.5, 0.6) is 0 Å². The minimum absolute atomic E-state index is 0.125. The third-order valence-electron chi connectivity index (χ3n) is 4.11. The molecule has 2 aliphatic rings. The van der Waals surface area contributed by atoms with Crippen LogP contribution in [0, 0.1) is 0 Å². The normalized spacial score (nSPS) is 26.3. The number of nitrogens with zero attached hydrogens (tertiary/aromatic N) is 3. The van der Waals surface area contributed by atoms with Crippen molar-refractivity contribution in [2.24, 2.45) is 0 Å². The number of carbonyl (C=O) groups is 1. The van der Waals surface area contributed by atoms with Crippen LogP contribution in [-0.4, -0.2) is 85.7 Å². The SMILES string of the molecule is CC(C)OCC(=O)N1CC[C@H](N2CCN(C)CC2)C1. The highest BCUT2D eigenvalue weighted by Gasteiger charge is 2.31. The molecule has 19 heavy (non-hydrogen) atoms. The fourth-order valence-corrected chi connectivity index (χ4v) is 2.78. The quantitative estimate of drug-likeness (QED) is 0.733. The Bertz CT molecular complexity index is 301. The van der Waals surface area contributed by atoms with Crippen molar-refractivity contribution in [2.45, 2.75) is 32.4 Å². The van der Waals surface area contributed by atoms with Gasteiger partial charge in [-0.3, -0.25) is 9.69 Å². The number of hydrogen-bond donors (Lipinski definition) is 0. The Labute approximate surface area is 116 Å². The fourth-order valence-electron chi connectivity index (χ4n) is 2.78. The van der Waals surface area contributed by atoms with Gasteiger partial charge in [0.1, 0.15) is 6.61 Å². The number of likely N-dealkylation sites (N-methyl/N-ethyl adjacent to an activating group) is 1. The molecule has 5 nitrogen and oxygen atoms in total. The molecule has 0 aromatic rings. The Balaban J connectivity index is 1.75. The van der Waals surface area contributed by atoms with E-state index in [0.717, 1.165) is 45.7 Å². The summed E-state index contributed by atoms with van der Waals surface area (Å²) in [4.78, 5) is 18.9. The molecule has 0 aliphatic carbocycles. The monoisotopic (exact) mass is 269 g/mol. The van der Waals surface area contributed by atoms with Gasteiger partial charge in [0.25, 0.3) is 0 Å². The fraction of sp³-hybridized carbons (Fsp3) is 0.929. The molecule has 1 amide bonds. The van der Waals surface area contributed by atoms with Crippen LogP contribution >= 0.6 is 0 Å². The predicted octanol–water partition coefficient (Wildman–Crippen LogP) is 0.260. The zero-order chi connectivity index (χ0) is 13.8. The minimum Gasteiger partial charge on any atom is -0.369 e. The van der Waals surface area contributed by atoms with Crippen LogP contribution in [0.25, 0.3) is 0 Å². The zero-order valence-electron chi connectivity index (χ0n) is 12.5. The maximum Gasteiger partial charge on any atom is 0.248 e. The molecule has 2 aliphatic heterocycles. The van der Waals surface area contributed by atoms with E-state index >= 15 is 0 Å². The molecule has 0 saturated carbocycles. The van der Waals surface area contributed by atoms with Crippen LogP contribution in [0.2, 0.25) is 0 Å². The van der Waals surface area contributed by atoms with Crippen molar-refractivity contribution in [1.82, 2.24) is 14.7 Å². The lowest BCUT2D eigenvalue weighted by Crippen LogP contribution is -2.50. The van der Waals surface area contributed by atoms with E-state index in [1.54, 1.807) is 0 Å². The number of ether oxygens (including phenoxy) is 1. The highest BCUT2D eigenvalue weighted by molar-refractivity contribution is 5.77.